The van der Waals surface area contributed by atoms with Crippen molar-refractivity contribution in [3.8, 4) is 0 Å². The first-order valence-electron chi connectivity index (χ1n) is 10.2. The molecule has 1 saturated heterocycles. The van der Waals surface area contributed by atoms with Crippen molar-refractivity contribution >= 4 is 5.91 Å². The number of amides is 1. The number of rotatable bonds is 3. The molecule has 1 amide bonds. The molecule has 5 heteroatoms. The Labute approximate surface area is 159 Å². The van der Waals surface area contributed by atoms with Crippen LogP contribution in [0.15, 0.2) is 30.3 Å². The lowest BCUT2D eigenvalue weighted by Crippen LogP contribution is -2.60. The number of nitrogens with one attached hydrogen (secondary N) is 2. The molecule has 0 aromatic heterocycles. The Morgan fingerprint density at radius 1 is 1.15 bits per heavy atom. The zero-order chi connectivity index (χ0) is 18.9. The van der Waals surface area contributed by atoms with Gasteiger partial charge < -0.3 is 10.6 Å². The highest BCUT2D eigenvalue weighted by atomic mass is 19.3. The van der Waals surface area contributed by atoms with E-state index in [9.17, 15) is 13.6 Å². The molecular weight excluding hydrogens is 346 g/mol. The van der Waals surface area contributed by atoms with Gasteiger partial charge in [0.2, 0.25) is 5.91 Å². The van der Waals surface area contributed by atoms with Crippen molar-refractivity contribution in [2.45, 2.75) is 62.8 Å². The minimum atomic E-state index is -2.88. The summed E-state index contributed by atoms with van der Waals surface area (Å²) in [6.07, 6.45) is 5.14. The second kappa shape index (κ2) is 5.53. The van der Waals surface area contributed by atoms with Gasteiger partial charge in [-0.1, -0.05) is 37.3 Å². The SMILES string of the molecule is C[C@]12CC3CC1(C(=O)NC1CCNCC1(F)F)C[C@@](c1ccccc1)(C3)C2. The zero-order valence-electron chi connectivity index (χ0n) is 15.9. The molecule has 1 heterocycles. The molecule has 0 radical (unpaired) electrons. The summed E-state index contributed by atoms with van der Waals surface area (Å²) in [5, 5.41) is 5.56. The molecule has 1 aromatic rings. The Kier molecular flexibility index (Phi) is 3.60. The van der Waals surface area contributed by atoms with Gasteiger partial charge in [0.25, 0.3) is 5.92 Å². The first-order valence-corrected chi connectivity index (χ1v) is 10.2. The maximum atomic E-state index is 14.3. The Bertz CT molecular complexity index is 769. The normalized spacial score (nSPS) is 44.4. The third kappa shape index (κ3) is 2.36. The Morgan fingerprint density at radius 3 is 2.67 bits per heavy atom. The van der Waals surface area contributed by atoms with Crippen LogP contribution in [0.2, 0.25) is 0 Å². The topological polar surface area (TPSA) is 41.1 Å². The molecule has 0 spiro atoms. The van der Waals surface area contributed by atoms with Crippen LogP contribution in [0.1, 0.15) is 51.0 Å². The van der Waals surface area contributed by atoms with Crippen LogP contribution in [0.25, 0.3) is 0 Å². The second-order valence-corrected chi connectivity index (χ2v) is 9.87. The van der Waals surface area contributed by atoms with Gasteiger partial charge in [0.05, 0.1) is 18.0 Å². The predicted octanol–water partition coefficient (Wildman–Crippen LogP) is 3.64. The number of carbonyl (C=O) groups is 1. The van der Waals surface area contributed by atoms with Gasteiger partial charge in [-0.2, -0.15) is 0 Å². The number of carbonyl (C=O) groups excluding carboxylic acids is 1. The van der Waals surface area contributed by atoms with Gasteiger partial charge in [-0.3, -0.25) is 4.79 Å². The molecular formula is C22H28F2N2O. The average Bonchev–Trinajstić information content (AvgIpc) is 2.94. The summed E-state index contributed by atoms with van der Waals surface area (Å²) in [4.78, 5) is 13.5. The van der Waals surface area contributed by atoms with Crippen LogP contribution in [-0.4, -0.2) is 31.0 Å². The molecule has 27 heavy (non-hydrogen) atoms. The standard InChI is InChI=1S/C22H28F2N2O/c1-19-9-15-10-20(12-19,16-5-3-2-4-6-16)13-21(19,11-15)18(27)26-17-7-8-25-14-22(17,23)24/h2-6,15,17,25H,7-14H2,1H3,(H,26,27)/t15?,17?,19-,20-,21?/m1/s1. The maximum Gasteiger partial charge on any atom is 0.280 e. The number of benzene rings is 1. The number of hydrogen-bond donors (Lipinski definition) is 2. The van der Waals surface area contributed by atoms with E-state index < -0.39 is 17.4 Å². The zero-order valence-corrected chi connectivity index (χ0v) is 15.9. The van der Waals surface area contributed by atoms with E-state index in [1.807, 2.05) is 6.07 Å². The van der Waals surface area contributed by atoms with Crippen molar-refractivity contribution < 1.29 is 13.6 Å². The van der Waals surface area contributed by atoms with Gasteiger partial charge in [-0.25, -0.2) is 8.78 Å². The van der Waals surface area contributed by atoms with E-state index in [0.29, 0.717) is 18.9 Å². The fraction of sp³-hybridized carbons (Fsp3) is 0.682. The number of hydrogen-bond acceptors (Lipinski definition) is 2. The molecule has 4 aliphatic carbocycles. The minimum absolute atomic E-state index is 0.0329. The van der Waals surface area contributed by atoms with E-state index in [-0.39, 0.29) is 23.3 Å². The summed E-state index contributed by atoms with van der Waals surface area (Å²) < 4.78 is 28.6. The molecule has 6 rings (SSSR count). The molecule has 146 valence electrons. The van der Waals surface area contributed by atoms with Gasteiger partial charge in [0.1, 0.15) is 0 Å². The highest BCUT2D eigenvalue weighted by Gasteiger charge is 2.73. The largest absolute Gasteiger partial charge is 0.347 e. The molecule has 1 aromatic carbocycles. The van der Waals surface area contributed by atoms with Crippen LogP contribution in [0.4, 0.5) is 8.78 Å². The number of alkyl halides is 2. The Balaban J connectivity index is 1.46. The maximum absolute atomic E-state index is 14.3. The van der Waals surface area contributed by atoms with Gasteiger partial charge in [0.15, 0.2) is 0 Å². The lowest BCUT2D eigenvalue weighted by molar-refractivity contribution is -0.141. The van der Waals surface area contributed by atoms with Crippen molar-refractivity contribution in [2.24, 2.45) is 16.7 Å². The number of piperidine rings is 1. The summed E-state index contributed by atoms with van der Waals surface area (Å²) in [5.74, 6) is -2.47. The summed E-state index contributed by atoms with van der Waals surface area (Å²) >= 11 is 0. The Hall–Kier alpha value is -1.49. The van der Waals surface area contributed by atoms with Gasteiger partial charge in [0, 0.05) is 0 Å². The predicted molar refractivity (Wildman–Crippen MR) is 99.6 cm³/mol. The molecule has 3 unspecified atom stereocenters. The summed E-state index contributed by atoms with van der Waals surface area (Å²) in [7, 11) is 0. The third-order valence-electron chi connectivity index (χ3n) is 8.19. The van der Waals surface area contributed by atoms with E-state index in [0.717, 1.165) is 32.1 Å². The van der Waals surface area contributed by atoms with E-state index in [1.54, 1.807) is 0 Å². The second-order valence-electron chi connectivity index (χ2n) is 9.87. The number of halogens is 2. The monoisotopic (exact) mass is 374 g/mol. The van der Waals surface area contributed by atoms with Crippen LogP contribution in [0.3, 0.4) is 0 Å². The van der Waals surface area contributed by atoms with E-state index in [4.69, 9.17) is 0 Å². The van der Waals surface area contributed by atoms with Crippen LogP contribution < -0.4 is 10.6 Å². The van der Waals surface area contributed by atoms with E-state index in [1.165, 1.54) is 5.56 Å². The highest BCUT2D eigenvalue weighted by molar-refractivity contribution is 5.86. The van der Waals surface area contributed by atoms with Crippen LogP contribution >= 0.6 is 0 Å². The Morgan fingerprint density at radius 2 is 1.93 bits per heavy atom. The molecule has 4 bridgehead atoms. The van der Waals surface area contributed by atoms with E-state index >= 15 is 0 Å². The summed E-state index contributed by atoms with van der Waals surface area (Å²) in [5.41, 5.74) is 0.776. The van der Waals surface area contributed by atoms with Crippen molar-refractivity contribution in [3.63, 3.8) is 0 Å². The smallest absolute Gasteiger partial charge is 0.280 e. The third-order valence-corrected chi connectivity index (χ3v) is 8.19. The fourth-order valence-electron chi connectivity index (χ4n) is 7.27. The van der Waals surface area contributed by atoms with Crippen LogP contribution in [-0.2, 0) is 10.2 Å². The lowest BCUT2D eigenvalue weighted by Gasteiger charge is -2.42. The van der Waals surface area contributed by atoms with Crippen molar-refractivity contribution in [3.05, 3.63) is 35.9 Å². The van der Waals surface area contributed by atoms with Crippen molar-refractivity contribution in [2.75, 3.05) is 13.1 Å². The quantitative estimate of drug-likeness (QED) is 0.848. The van der Waals surface area contributed by atoms with Crippen molar-refractivity contribution in [1.82, 2.24) is 10.6 Å². The molecule has 5 atom stereocenters. The molecule has 4 saturated carbocycles. The molecule has 1 aliphatic heterocycles. The van der Waals surface area contributed by atoms with Crippen molar-refractivity contribution in [1.29, 1.82) is 0 Å². The van der Waals surface area contributed by atoms with Gasteiger partial charge in [-0.15, -0.1) is 0 Å². The highest BCUT2D eigenvalue weighted by Crippen LogP contribution is 2.76. The first kappa shape index (κ1) is 17.6. The molecule has 5 fully saturated rings. The minimum Gasteiger partial charge on any atom is -0.347 e. The summed E-state index contributed by atoms with van der Waals surface area (Å²) in [6.45, 7) is 2.41. The molecule has 3 nitrogen and oxygen atoms in total. The fourth-order valence-corrected chi connectivity index (χ4v) is 7.27. The molecule has 5 aliphatic rings. The van der Waals surface area contributed by atoms with Gasteiger partial charge >= 0.3 is 0 Å². The van der Waals surface area contributed by atoms with Gasteiger partial charge in [-0.05, 0) is 67.4 Å². The van der Waals surface area contributed by atoms with E-state index in [2.05, 4.69) is 41.8 Å². The van der Waals surface area contributed by atoms with Crippen LogP contribution in [0.5, 0.6) is 0 Å². The molecule has 2 N–H and O–H groups in total. The van der Waals surface area contributed by atoms with Crippen LogP contribution in [0, 0.1) is 16.7 Å². The first-order chi connectivity index (χ1) is 12.8. The average molecular weight is 374 g/mol. The lowest BCUT2D eigenvalue weighted by atomic mass is 9.63. The summed E-state index contributed by atoms with van der Waals surface area (Å²) in [6, 6.07) is 9.49.